The van der Waals surface area contributed by atoms with Gasteiger partial charge in [0.1, 0.15) is 5.54 Å². The molecule has 0 rings (SSSR count). The number of hydrogen-bond donors (Lipinski definition) is 1. The first-order chi connectivity index (χ1) is 10.00. The average Bonchev–Trinajstić information content (AvgIpc) is 2.43. The van der Waals surface area contributed by atoms with Crippen LogP contribution in [0.2, 0.25) is 0 Å². The van der Waals surface area contributed by atoms with Crippen LogP contribution in [0.15, 0.2) is 0 Å². The van der Waals surface area contributed by atoms with Crippen LogP contribution in [0.5, 0.6) is 0 Å². The molecule has 21 heavy (non-hydrogen) atoms. The zero-order valence-corrected chi connectivity index (χ0v) is 14.4. The van der Waals surface area contributed by atoms with Gasteiger partial charge in [-0.3, -0.25) is 4.79 Å². The smallest absolute Gasteiger partial charge is 0.326 e. The topological polar surface area (TPSA) is 56.8 Å². The van der Waals surface area contributed by atoms with Gasteiger partial charge in [0.2, 0.25) is 0 Å². The maximum Gasteiger partial charge on any atom is 0.326 e. The Labute approximate surface area is 129 Å². The Morgan fingerprint density at radius 2 is 1.90 bits per heavy atom. The Bertz CT molecular complexity index is 273. The van der Waals surface area contributed by atoms with Crippen molar-refractivity contribution in [1.29, 1.82) is 0 Å². The van der Waals surface area contributed by atoms with Crippen molar-refractivity contribution in [2.45, 2.75) is 65.5 Å². The highest BCUT2D eigenvalue weighted by atomic mass is 16.5. The monoisotopic (exact) mass is 303 g/mol. The summed E-state index contributed by atoms with van der Waals surface area (Å²) in [5.41, 5.74) is -0.701. The van der Waals surface area contributed by atoms with E-state index in [4.69, 9.17) is 14.2 Å². The largest absolute Gasteiger partial charge is 0.465 e. The summed E-state index contributed by atoms with van der Waals surface area (Å²) in [6.45, 7) is 12.8. The van der Waals surface area contributed by atoms with Gasteiger partial charge in [0.15, 0.2) is 0 Å². The number of nitrogens with one attached hydrogen (secondary N) is 1. The number of rotatable bonds is 13. The average molecular weight is 303 g/mol. The predicted octanol–water partition coefficient (Wildman–Crippen LogP) is 2.53. The van der Waals surface area contributed by atoms with Gasteiger partial charge >= 0.3 is 5.97 Å². The lowest BCUT2D eigenvalue weighted by Crippen LogP contribution is -2.52. The molecule has 5 heteroatoms. The van der Waals surface area contributed by atoms with Crippen molar-refractivity contribution < 1.29 is 19.0 Å². The highest BCUT2D eigenvalue weighted by Gasteiger charge is 2.35. The second-order valence-corrected chi connectivity index (χ2v) is 5.43. The summed E-state index contributed by atoms with van der Waals surface area (Å²) in [6.07, 6.45) is 2.76. The summed E-state index contributed by atoms with van der Waals surface area (Å²) >= 11 is 0. The lowest BCUT2D eigenvalue weighted by Gasteiger charge is -2.30. The highest BCUT2D eigenvalue weighted by Crippen LogP contribution is 2.16. The van der Waals surface area contributed by atoms with Crippen molar-refractivity contribution in [3.05, 3.63) is 0 Å². The molecule has 0 saturated heterocycles. The molecule has 0 radical (unpaired) electrons. The van der Waals surface area contributed by atoms with Gasteiger partial charge in [-0.1, -0.05) is 20.3 Å². The van der Waals surface area contributed by atoms with E-state index in [1.54, 1.807) is 0 Å². The summed E-state index contributed by atoms with van der Waals surface area (Å²) in [5, 5.41) is 3.21. The van der Waals surface area contributed by atoms with Gasteiger partial charge in [0.25, 0.3) is 0 Å². The quantitative estimate of drug-likeness (QED) is 0.418. The lowest BCUT2D eigenvalue weighted by molar-refractivity contribution is -0.152. The van der Waals surface area contributed by atoms with Crippen LogP contribution in [0.3, 0.4) is 0 Å². The zero-order chi connectivity index (χ0) is 16.1. The Balaban J connectivity index is 4.10. The molecule has 126 valence electrons. The molecule has 0 aliphatic rings. The number of unbranched alkanes of at least 4 members (excludes halogenated alkanes) is 1. The number of esters is 1. The second kappa shape index (κ2) is 12.0. The molecule has 0 aromatic carbocycles. The van der Waals surface area contributed by atoms with Crippen LogP contribution in [-0.2, 0) is 19.0 Å². The molecule has 0 aliphatic heterocycles. The molecule has 5 nitrogen and oxygen atoms in total. The van der Waals surface area contributed by atoms with Crippen molar-refractivity contribution >= 4 is 5.97 Å². The molecule has 0 bridgehead atoms. The van der Waals surface area contributed by atoms with Crippen LogP contribution in [-0.4, -0.2) is 50.6 Å². The van der Waals surface area contributed by atoms with E-state index >= 15 is 0 Å². The fraction of sp³-hybridized carbons (Fsp3) is 0.938. The van der Waals surface area contributed by atoms with E-state index in [-0.39, 0.29) is 12.1 Å². The first-order valence-corrected chi connectivity index (χ1v) is 8.11. The third-order valence-corrected chi connectivity index (χ3v) is 3.26. The minimum atomic E-state index is -0.701. The van der Waals surface area contributed by atoms with Crippen LogP contribution >= 0.6 is 0 Å². The third-order valence-electron chi connectivity index (χ3n) is 3.26. The van der Waals surface area contributed by atoms with Crippen LogP contribution in [0.4, 0.5) is 0 Å². The van der Waals surface area contributed by atoms with Crippen molar-refractivity contribution in [1.82, 2.24) is 5.32 Å². The minimum Gasteiger partial charge on any atom is -0.465 e. The molecule has 2 unspecified atom stereocenters. The SMILES string of the molecule is CCCCOCCOC(C)CC(C)(NCC)C(=O)OCC. The Hall–Kier alpha value is -0.650. The Morgan fingerprint density at radius 3 is 2.48 bits per heavy atom. The molecule has 0 aromatic heterocycles. The van der Waals surface area contributed by atoms with Crippen LogP contribution in [0.1, 0.15) is 53.9 Å². The first kappa shape index (κ1) is 20.3. The molecule has 0 saturated carbocycles. The van der Waals surface area contributed by atoms with E-state index in [1.165, 1.54) is 0 Å². The lowest BCUT2D eigenvalue weighted by atomic mass is 9.94. The van der Waals surface area contributed by atoms with Gasteiger partial charge in [0, 0.05) is 13.0 Å². The molecule has 1 N–H and O–H groups in total. The number of likely N-dealkylation sites (N-methyl/N-ethyl adjacent to an activating group) is 1. The van der Waals surface area contributed by atoms with E-state index in [0.29, 0.717) is 32.8 Å². The van der Waals surface area contributed by atoms with Gasteiger partial charge in [-0.15, -0.1) is 0 Å². The van der Waals surface area contributed by atoms with E-state index < -0.39 is 5.54 Å². The Morgan fingerprint density at radius 1 is 1.19 bits per heavy atom. The maximum atomic E-state index is 12.1. The van der Waals surface area contributed by atoms with Crippen molar-refractivity contribution in [2.75, 3.05) is 33.0 Å². The Kier molecular flexibility index (Phi) is 11.6. The standard InChI is InChI=1S/C16H33NO4/c1-6-9-10-19-11-12-21-14(4)13-16(5,17-7-2)15(18)20-8-3/h14,17H,6-13H2,1-5H3. The summed E-state index contributed by atoms with van der Waals surface area (Å²) < 4.78 is 16.3. The van der Waals surface area contributed by atoms with Crippen LogP contribution in [0, 0.1) is 0 Å². The van der Waals surface area contributed by atoms with Crippen molar-refractivity contribution in [3.63, 3.8) is 0 Å². The van der Waals surface area contributed by atoms with Gasteiger partial charge < -0.3 is 19.5 Å². The van der Waals surface area contributed by atoms with Crippen molar-refractivity contribution in [2.24, 2.45) is 0 Å². The third kappa shape index (κ3) is 9.06. The molecule has 0 spiro atoms. The van der Waals surface area contributed by atoms with Gasteiger partial charge in [-0.05, 0) is 33.7 Å². The van der Waals surface area contributed by atoms with Crippen LogP contribution < -0.4 is 5.32 Å². The molecular formula is C16H33NO4. The zero-order valence-electron chi connectivity index (χ0n) is 14.4. The summed E-state index contributed by atoms with van der Waals surface area (Å²) in [6, 6.07) is 0. The number of hydrogen-bond acceptors (Lipinski definition) is 5. The molecule has 0 aliphatic carbocycles. The molecular weight excluding hydrogens is 270 g/mol. The predicted molar refractivity (Wildman–Crippen MR) is 84.5 cm³/mol. The first-order valence-electron chi connectivity index (χ1n) is 8.11. The summed E-state index contributed by atoms with van der Waals surface area (Å²) in [5.74, 6) is -0.221. The fourth-order valence-electron chi connectivity index (χ4n) is 2.20. The number of carbonyl (C=O) groups is 1. The molecule has 0 aromatic rings. The minimum absolute atomic E-state index is 0.0340. The fourth-order valence-corrected chi connectivity index (χ4v) is 2.20. The van der Waals surface area contributed by atoms with Gasteiger partial charge in [0.05, 0.1) is 25.9 Å². The van der Waals surface area contributed by atoms with E-state index in [2.05, 4.69) is 12.2 Å². The second-order valence-electron chi connectivity index (χ2n) is 5.43. The molecule has 0 amide bonds. The van der Waals surface area contributed by atoms with E-state index in [9.17, 15) is 4.79 Å². The maximum absolute atomic E-state index is 12.1. The van der Waals surface area contributed by atoms with Gasteiger partial charge in [-0.2, -0.15) is 0 Å². The summed E-state index contributed by atoms with van der Waals surface area (Å²) in [7, 11) is 0. The molecule has 2 atom stereocenters. The highest BCUT2D eigenvalue weighted by molar-refractivity contribution is 5.80. The normalized spacial score (nSPS) is 15.5. The summed E-state index contributed by atoms with van der Waals surface area (Å²) in [4.78, 5) is 12.1. The molecule has 0 fully saturated rings. The van der Waals surface area contributed by atoms with Gasteiger partial charge in [-0.25, -0.2) is 0 Å². The number of ether oxygens (including phenoxy) is 3. The molecule has 0 heterocycles. The van der Waals surface area contributed by atoms with Crippen molar-refractivity contribution in [3.8, 4) is 0 Å². The van der Waals surface area contributed by atoms with E-state index in [1.807, 2.05) is 27.7 Å². The van der Waals surface area contributed by atoms with E-state index in [0.717, 1.165) is 19.4 Å². The number of carbonyl (C=O) groups excluding carboxylic acids is 1. The van der Waals surface area contributed by atoms with Crippen LogP contribution in [0.25, 0.3) is 0 Å².